The first-order valence-corrected chi connectivity index (χ1v) is 5.67. The van der Waals surface area contributed by atoms with Crippen LogP contribution in [0, 0.1) is 5.92 Å². The molecule has 0 unspecified atom stereocenters. The third-order valence-corrected chi connectivity index (χ3v) is 3.06. The van der Waals surface area contributed by atoms with Crippen molar-refractivity contribution in [1.82, 2.24) is 14.7 Å². The number of nitrogens with zero attached hydrogens (tertiary/aromatic N) is 3. The van der Waals surface area contributed by atoms with Gasteiger partial charge in [0.15, 0.2) is 0 Å². The zero-order valence-corrected chi connectivity index (χ0v) is 9.67. The predicted molar refractivity (Wildman–Crippen MR) is 59.5 cm³/mol. The van der Waals surface area contributed by atoms with Gasteiger partial charge in [-0.05, 0) is 19.4 Å². The minimum atomic E-state index is -0.829. The fourth-order valence-corrected chi connectivity index (χ4v) is 2.07. The summed E-state index contributed by atoms with van der Waals surface area (Å²) in [6.45, 7) is 3.34. The van der Waals surface area contributed by atoms with Gasteiger partial charge in [-0.15, -0.1) is 0 Å². The van der Waals surface area contributed by atoms with Crippen LogP contribution < -0.4 is 0 Å². The van der Waals surface area contributed by atoms with E-state index < -0.39 is 11.9 Å². The molecule has 1 amide bonds. The van der Waals surface area contributed by atoms with Crippen molar-refractivity contribution < 1.29 is 14.7 Å². The Kier molecular flexibility index (Phi) is 3.12. The van der Waals surface area contributed by atoms with E-state index in [9.17, 15) is 9.59 Å². The Bertz CT molecular complexity index is 441. The molecule has 6 heteroatoms. The normalized spacial score (nSPS) is 19.6. The van der Waals surface area contributed by atoms with E-state index in [2.05, 4.69) is 5.10 Å². The number of carboxylic acid groups (broad SMARTS) is 1. The zero-order chi connectivity index (χ0) is 12.4. The van der Waals surface area contributed by atoms with Gasteiger partial charge in [-0.1, -0.05) is 0 Å². The fourth-order valence-electron chi connectivity index (χ4n) is 2.07. The molecule has 17 heavy (non-hydrogen) atoms. The van der Waals surface area contributed by atoms with Crippen LogP contribution in [-0.4, -0.2) is 44.8 Å². The van der Waals surface area contributed by atoms with Crippen molar-refractivity contribution in [2.75, 3.05) is 13.1 Å². The summed E-state index contributed by atoms with van der Waals surface area (Å²) >= 11 is 0. The van der Waals surface area contributed by atoms with Gasteiger partial charge in [0, 0.05) is 25.8 Å². The minimum absolute atomic E-state index is 0.131. The number of rotatable bonds is 3. The summed E-state index contributed by atoms with van der Waals surface area (Å²) in [6.07, 6.45) is 2.11. The zero-order valence-electron chi connectivity index (χ0n) is 9.67. The SMILES string of the molecule is CCn1nccc1C(=O)N1CC[C@@H](C(=O)O)C1. The van der Waals surface area contributed by atoms with Crippen molar-refractivity contribution in [2.45, 2.75) is 19.9 Å². The second-order valence-electron chi connectivity index (χ2n) is 4.11. The quantitative estimate of drug-likeness (QED) is 0.828. The summed E-state index contributed by atoms with van der Waals surface area (Å²) in [7, 11) is 0. The van der Waals surface area contributed by atoms with Gasteiger partial charge in [0.05, 0.1) is 5.92 Å². The number of carboxylic acids is 1. The van der Waals surface area contributed by atoms with E-state index in [1.807, 2.05) is 6.92 Å². The summed E-state index contributed by atoms with van der Waals surface area (Å²) in [5, 5.41) is 12.9. The predicted octanol–water partition coefficient (Wildman–Crippen LogP) is 0.450. The third-order valence-electron chi connectivity index (χ3n) is 3.06. The molecule has 0 spiro atoms. The number of hydrogen-bond donors (Lipinski definition) is 1. The lowest BCUT2D eigenvalue weighted by Crippen LogP contribution is -2.31. The van der Waals surface area contributed by atoms with E-state index in [-0.39, 0.29) is 5.91 Å². The molecular formula is C11H15N3O3. The molecule has 1 aromatic rings. The molecule has 92 valence electrons. The highest BCUT2D eigenvalue weighted by Gasteiger charge is 2.32. The Hall–Kier alpha value is -1.85. The molecule has 6 nitrogen and oxygen atoms in total. The van der Waals surface area contributed by atoms with Crippen LogP contribution in [0.15, 0.2) is 12.3 Å². The molecule has 2 heterocycles. The van der Waals surface area contributed by atoms with Gasteiger partial charge in [0.25, 0.3) is 5.91 Å². The van der Waals surface area contributed by atoms with E-state index in [1.165, 1.54) is 0 Å². The molecule has 0 radical (unpaired) electrons. The van der Waals surface area contributed by atoms with Crippen molar-refractivity contribution in [3.05, 3.63) is 18.0 Å². The van der Waals surface area contributed by atoms with E-state index in [0.717, 1.165) is 0 Å². The highest BCUT2D eigenvalue weighted by atomic mass is 16.4. The summed E-state index contributed by atoms with van der Waals surface area (Å²) < 4.78 is 1.62. The smallest absolute Gasteiger partial charge is 0.308 e. The van der Waals surface area contributed by atoms with Gasteiger partial charge in [0.1, 0.15) is 5.69 Å². The molecule has 2 rings (SSSR count). The summed E-state index contributed by atoms with van der Waals surface area (Å²) in [5.74, 6) is -1.39. The maximum atomic E-state index is 12.1. The van der Waals surface area contributed by atoms with Crippen LogP contribution in [0.3, 0.4) is 0 Å². The number of amides is 1. The highest BCUT2D eigenvalue weighted by Crippen LogP contribution is 2.18. The van der Waals surface area contributed by atoms with Crippen molar-refractivity contribution >= 4 is 11.9 Å². The van der Waals surface area contributed by atoms with E-state index >= 15 is 0 Å². The van der Waals surface area contributed by atoms with Crippen molar-refractivity contribution in [1.29, 1.82) is 0 Å². The highest BCUT2D eigenvalue weighted by molar-refractivity contribution is 5.93. The Morgan fingerprint density at radius 2 is 2.35 bits per heavy atom. The Balaban J connectivity index is 2.09. The second kappa shape index (κ2) is 4.57. The number of aliphatic carboxylic acids is 1. The summed E-state index contributed by atoms with van der Waals surface area (Å²) in [5.41, 5.74) is 0.526. The average molecular weight is 237 g/mol. The first-order valence-electron chi connectivity index (χ1n) is 5.67. The minimum Gasteiger partial charge on any atom is -0.481 e. The van der Waals surface area contributed by atoms with Crippen LogP contribution in [0.1, 0.15) is 23.8 Å². The molecule has 0 bridgehead atoms. The molecule has 0 aliphatic carbocycles. The van der Waals surface area contributed by atoms with E-state index in [1.54, 1.807) is 21.8 Å². The number of aromatic nitrogens is 2. The Labute approximate surface area is 98.8 Å². The third kappa shape index (κ3) is 2.15. The number of hydrogen-bond acceptors (Lipinski definition) is 3. The lowest BCUT2D eigenvalue weighted by Gasteiger charge is -2.16. The second-order valence-corrected chi connectivity index (χ2v) is 4.11. The molecule has 1 atom stereocenters. The monoisotopic (exact) mass is 237 g/mol. The Morgan fingerprint density at radius 1 is 1.59 bits per heavy atom. The molecule has 1 saturated heterocycles. The number of aryl methyl sites for hydroxylation is 1. The van der Waals surface area contributed by atoms with Crippen molar-refractivity contribution in [2.24, 2.45) is 5.92 Å². The van der Waals surface area contributed by atoms with Crippen LogP contribution in [0.4, 0.5) is 0 Å². The van der Waals surface area contributed by atoms with Gasteiger partial charge in [-0.2, -0.15) is 5.10 Å². The van der Waals surface area contributed by atoms with Crippen LogP contribution in [0.25, 0.3) is 0 Å². The summed E-state index contributed by atoms with van der Waals surface area (Å²) in [6, 6.07) is 1.67. The van der Waals surface area contributed by atoms with Crippen LogP contribution >= 0.6 is 0 Å². The first-order chi connectivity index (χ1) is 8.13. The van der Waals surface area contributed by atoms with Crippen LogP contribution in [0.5, 0.6) is 0 Å². The molecule has 1 aliphatic heterocycles. The topological polar surface area (TPSA) is 75.4 Å². The number of likely N-dealkylation sites (tertiary alicyclic amines) is 1. The van der Waals surface area contributed by atoms with Crippen molar-refractivity contribution in [3.63, 3.8) is 0 Å². The van der Waals surface area contributed by atoms with Crippen molar-refractivity contribution in [3.8, 4) is 0 Å². The lowest BCUT2D eigenvalue weighted by molar-refractivity contribution is -0.141. The first kappa shape index (κ1) is 11.6. The van der Waals surface area contributed by atoms with Gasteiger partial charge in [-0.25, -0.2) is 0 Å². The molecule has 1 aliphatic rings. The summed E-state index contributed by atoms with van der Waals surface area (Å²) in [4.78, 5) is 24.5. The largest absolute Gasteiger partial charge is 0.481 e. The average Bonchev–Trinajstić information content (AvgIpc) is 2.96. The van der Waals surface area contributed by atoms with Crippen LogP contribution in [-0.2, 0) is 11.3 Å². The number of carbonyl (C=O) groups is 2. The standard InChI is InChI=1S/C11H15N3O3/c1-2-14-9(3-5-12-14)10(15)13-6-4-8(7-13)11(16)17/h3,5,8H,2,4,6-7H2,1H3,(H,16,17)/t8-/m1/s1. The van der Waals surface area contributed by atoms with Gasteiger partial charge >= 0.3 is 5.97 Å². The van der Waals surface area contributed by atoms with Gasteiger partial charge in [0.2, 0.25) is 0 Å². The molecule has 1 fully saturated rings. The maximum absolute atomic E-state index is 12.1. The fraction of sp³-hybridized carbons (Fsp3) is 0.545. The van der Waals surface area contributed by atoms with Crippen LogP contribution in [0.2, 0.25) is 0 Å². The number of carbonyl (C=O) groups excluding carboxylic acids is 1. The van der Waals surface area contributed by atoms with E-state index in [4.69, 9.17) is 5.11 Å². The molecule has 0 aromatic carbocycles. The molecule has 0 saturated carbocycles. The van der Waals surface area contributed by atoms with Gasteiger partial charge < -0.3 is 10.0 Å². The lowest BCUT2D eigenvalue weighted by atomic mass is 10.1. The molecule has 1 N–H and O–H groups in total. The maximum Gasteiger partial charge on any atom is 0.308 e. The molecule has 1 aromatic heterocycles. The molecular weight excluding hydrogens is 222 g/mol. The van der Waals surface area contributed by atoms with Gasteiger partial charge in [-0.3, -0.25) is 14.3 Å². The van der Waals surface area contributed by atoms with E-state index in [0.29, 0.717) is 31.7 Å². The Morgan fingerprint density at radius 3 is 2.94 bits per heavy atom.